The highest BCUT2D eigenvalue weighted by atomic mass is 19.1. The lowest BCUT2D eigenvalue weighted by Gasteiger charge is -2.17. The fourth-order valence-corrected chi connectivity index (χ4v) is 2.86. The van der Waals surface area contributed by atoms with Crippen molar-refractivity contribution >= 4 is 6.03 Å². The van der Waals surface area contributed by atoms with Crippen LogP contribution in [0.1, 0.15) is 24.0 Å². The normalized spacial score (nSPS) is 15.0. The molecule has 4 heteroatoms. The molecule has 2 amide bonds. The van der Waals surface area contributed by atoms with Crippen molar-refractivity contribution in [3.05, 3.63) is 71.5 Å². The molecule has 2 aromatic rings. The molecule has 1 aliphatic rings. The Morgan fingerprint density at radius 3 is 2.39 bits per heavy atom. The smallest absolute Gasteiger partial charge is 0.314 e. The van der Waals surface area contributed by atoms with Crippen LogP contribution in [-0.2, 0) is 11.8 Å². The fraction of sp³-hybridized carbons (Fsp3) is 0.316. The maximum atomic E-state index is 13.9. The third kappa shape index (κ3) is 3.89. The maximum absolute atomic E-state index is 13.9. The van der Waals surface area contributed by atoms with Gasteiger partial charge in [-0.2, -0.15) is 0 Å². The number of hydrogen-bond donors (Lipinski definition) is 2. The Morgan fingerprint density at radius 2 is 1.70 bits per heavy atom. The van der Waals surface area contributed by atoms with E-state index in [0.717, 1.165) is 19.3 Å². The zero-order chi connectivity index (χ0) is 16.1. The number of benzene rings is 2. The lowest BCUT2D eigenvalue weighted by molar-refractivity contribution is 0.240. The van der Waals surface area contributed by atoms with E-state index >= 15 is 0 Å². The van der Waals surface area contributed by atoms with Gasteiger partial charge in [-0.1, -0.05) is 48.5 Å². The largest absolute Gasteiger partial charge is 0.338 e. The molecule has 0 radical (unpaired) electrons. The van der Waals surface area contributed by atoms with Gasteiger partial charge in [-0.15, -0.1) is 0 Å². The standard InChI is InChI=1S/C19H21FN2O/c20-17-9-5-4-8-16(17)19(11-12-19)14-22-18(23)21-13-10-15-6-2-1-3-7-15/h1-9H,10-14H2,(H2,21,22,23). The lowest BCUT2D eigenvalue weighted by Crippen LogP contribution is -2.40. The third-order valence-corrected chi connectivity index (χ3v) is 4.43. The predicted octanol–water partition coefficient (Wildman–Crippen LogP) is 3.40. The Bertz CT molecular complexity index is 668. The second-order valence-corrected chi connectivity index (χ2v) is 6.11. The molecular weight excluding hydrogens is 291 g/mol. The number of carbonyl (C=O) groups is 1. The van der Waals surface area contributed by atoms with Crippen molar-refractivity contribution in [3.8, 4) is 0 Å². The molecule has 3 nitrogen and oxygen atoms in total. The summed E-state index contributed by atoms with van der Waals surface area (Å²) in [7, 11) is 0. The number of halogens is 1. The highest BCUT2D eigenvalue weighted by Crippen LogP contribution is 2.48. The zero-order valence-corrected chi connectivity index (χ0v) is 13.0. The van der Waals surface area contributed by atoms with Crippen molar-refractivity contribution in [1.82, 2.24) is 10.6 Å². The first-order chi connectivity index (χ1) is 11.2. The molecule has 1 saturated carbocycles. The number of amides is 2. The summed E-state index contributed by atoms with van der Waals surface area (Å²) < 4.78 is 13.9. The van der Waals surface area contributed by atoms with Gasteiger partial charge in [-0.3, -0.25) is 0 Å². The fourth-order valence-electron chi connectivity index (χ4n) is 2.86. The number of rotatable bonds is 6. The summed E-state index contributed by atoms with van der Waals surface area (Å²) in [4.78, 5) is 11.9. The summed E-state index contributed by atoms with van der Waals surface area (Å²) in [5.74, 6) is -0.184. The highest BCUT2D eigenvalue weighted by molar-refractivity contribution is 5.74. The van der Waals surface area contributed by atoms with Crippen LogP contribution in [0.5, 0.6) is 0 Å². The minimum atomic E-state index is -0.220. The predicted molar refractivity (Wildman–Crippen MR) is 88.9 cm³/mol. The van der Waals surface area contributed by atoms with Crippen LogP contribution in [0, 0.1) is 5.82 Å². The van der Waals surface area contributed by atoms with Crippen molar-refractivity contribution in [2.24, 2.45) is 0 Å². The van der Waals surface area contributed by atoms with Gasteiger partial charge in [0, 0.05) is 18.5 Å². The Balaban J connectivity index is 1.45. The van der Waals surface area contributed by atoms with Crippen LogP contribution in [0.3, 0.4) is 0 Å². The van der Waals surface area contributed by atoms with Gasteiger partial charge in [0.2, 0.25) is 0 Å². The maximum Gasteiger partial charge on any atom is 0.314 e. The Labute approximate surface area is 135 Å². The molecule has 3 rings (SSSR count). The van der Waals surface area contributed by atoms with Gasteiger partial charge in [0.05, 0.1) is 0 Å². The monoisotopic (exact) mass is 312 g/mol. The van der Waals surface area contributed by atoms with Crippen molar-refractivity contribution in [2.75, 3.05) is 13.1 Å². The van der Waals surface area contributed by atoms with Crippen LogP contribution < -0.4 is 10.6 Å². The van der Waals surface area contributed by atoms with E-state index in [4.69, 9.17) is 0 Å². The molecule has 0 aliphatic heterocycles. The van der Waals surface area contributed by atoms with Crippen molar-refractivity contribution in [2.45, 2.75) is 24.7 Å². The summed E-state index contributed by atoms with van der Waals surface area (Å²) in [6.45, 7) is 1.06. The van der Waals surface area contributed by atoms with E-state index in [1.807, 2.05) is 42.5 Å². The molecule has 23 heavy (non-hydrogen) atoms. The van der Waals surface area contributed by atoms with Gasteiger partial charge in [0.15, 0.2) is 0 Å². The third-order valence-electron chi connectivity index (χ3n) is 4.43. The topological polar surface area (TPSA) is 41.1 Å². The second kappa shape index (κ2) is 6.82. The SMILES string of the molecule is O=C(NCCc1ccccc1)NCC1(c2ccccc2F)CC1. The summed E-state index contributed by atoms with van der Waals surface area (Å²) in [5, 5.41) is 5.73. The van der Waals surface area contributed by atoms with Crippen molar-refractivity contribution < 1.29 is 9.18 Å². The van der Waals surface area contributed by atoms with E-state index in [1.165, 1.54) is 11.6 Å². The molecule has 120 valence electrons. The van der Waals surface area contributed by atoms with E-state index in [9.17, 15) is 9.18 Å². The van der Waals surface area contributed by atoms with Crippen LogP contribution in [0.15, 0.2) is 54.6 Å². The van der Waals surface area contributed by atoms with Crippen LogP contribution in [-0.4, -0.2) is 19.1 Å². The molecule has 0 bridgehead atoms. The molecule has 2 N–H and O–H groups in total. The lowest BCUT2D eigenvalue weighted by atomic mass is 9.95. The number of nitrogens with one attached hydrogen (secondary N) is 2. The van der Waals surface area contributed by atoms with E-state index in [1.54, 1.807) is 6.07 Å². The summed E-state index contributed by atoms with van der Waals surface area (Å²) in [6.07, 6.45) is 2.63. The van der Waals surface area contributed by atoms with Crippen LogP contribution in [0.25, 0.3) is 0 Å². The Morgan fingerprint density at radius 1 is 1.00 bits per heavy atom. The van der Waals surface area contributed by atoms with Gasteiger partial charge in [-0.05, 0) is 36.5 Å². The van der Waals surface area contributed by atoms with Crippen molar-refractivity contribution in [1.29, 1.82) is 0 Å². The second-order valence-electron chi connectivity index (χ2n) is 6.11. The molecule has 0 atom stereocenters. The van der Waals surface area contributed by atoms with Crippen LogP contribution in [0.2, 0.25) is 0 Å². The molecule has 0 heterocycles. The van der Waals surface area contributed by atoms with Crippen molar-refractivity contribution in [3.63, 3.8) is 0 Å². The first-order valence-electron chi connectivity index (χ1n) is 8.00. The molecule has 0 aromatic heterocycles. The number of urea groups is 1. The van der Waals surface area contributed by atoms with E-state index < -0.39 is 0 Å². The van der Waals surface area contributed by atoms with Gasteiger partial charge < -0.3 is 10.6 Å². The first-order valence-corrected chi connectivity index (χ1v) is 8.00. The molecule has 0 unspecified atom stereocenters. The van der Waals surface area contributed by atoms with E-state index in [0.29, 0.717) is 18.7 Å². The minimum absolute atomic E-state index is 0.184. The summed E-state index contributed by atoms with van der Waals surface area (Å²) >= 11 is 0. The minimum Gasteiger partial charge on any atom is -0.338 e. The molecular formula is C19H21FN2O. The zero-order valence-electron chi connectivity index (χ0n) is 13.0. The van der Waals surface area contributed by atoms with Gasteiger partial charge in [0.1, 0.15) is 5.82 Å². The molecule has 1 aliphatic carbocycles. The summed E-state index contributed by atoms with van der Waals surface area (Å²) in [5.41, 5.74) is 1.68. The molecule has 1 fully saturated rings. The first kappa shape index (κ1) is 15.5. The van der Waals surface area contributed by atoms with Gasteiger partial charge in [0.25, 0.3) is 0 Å². The van der Waals surface area contributed by atoms with Crippen LogP contribution >= 0.6 is 0 Å². The highest BCUT2D eigenvalue weighted by Gasteiger charge is 2.45. The van der Waals surface area contributed by atoms with E-state index in [2.05, 4.69) is 10.6 Å². The molecule has 0 saturated heterocycles. The number of hydrogen-bond acceptors (Lipinski definition) is 1. The Hall–Kier alpha value is -2.36. The molecule has 0 spiro atoms. The van der Waals surface area contributed by atoms with E-state index in [-0.39, 0.29) is 17.3 Å². The molecule has 2 aromatic carbocycles. The average molecular weight is 312 g/mol. The quantitative estimate of drug-likeness (QED) is 0.843. The Kier molecular flexibility index (Phi) is 4.60. The van der Waals surface area contributed by atoms with Crippen LogP contribution in [0.4, 0.5) is 9.18 Å². The van der Waals surface area contributed by atoms with Gasteiger partial charge >= 0.3 is 6.03 Å². The summed E-state index contributed by atoms with van der Waals surface area (Å²) in [6, 6.07) is 16.7. The average Bonchev–Trinajstić information content (AvgIpc) is 3.35. The van der Waals surface area contributed by atoms with Gasteiger partial charge in [-0.25, -0.2) is 9.18 Å². The number of carbonyl (C=O) groups excluding carboxylic acids is 1.